The number of ether oxygens (including phenoxy) is 1. The first-order valence-electron chi connectivity index (χ1n) is 6.84. The fourth-order valence-electron chi connectivity index (χ4n) is 2.14. The van der Waals surface area contributed by atoms with E-state index in [1.165, 1.54) is 4.90 Å². The van der Waals surface area contributed by atoms with E-state index >= 15 is 0 Å². The van der Waals surface area contributed by atoms with E-state index in [2.05, 4.69) is 13.8 Å². The number of imide groups is 1. The van der Waals surface area contributed by atoms with Gasteiger partial charge in [-0.2, -0.15) is 0 Å². The predicted octanol–water partition coefficient (Wildman–Crippen LogP) is 1.93. The van der Waals surface area contributed by atoms with Crippen LogP contribution in [0.2, 0.25) is 0 Å². The molecule has 0 fully saturated rings. The number of nitrogens with two attached hydrogens (primary N) is 1. The minimum atomic E-state index is -0.324. The Labute approximate surface area is 118 Å². The fourth-order valence-corrected chi connectivity index (χ4v) is 2.14. The second kappa shape index (κ2) is 6.05. The van der Waals surface area contributed by atoms with Crippen LogP contribution in [0.5, 0.6) is 0 Å². The highest BCUT2D eigenvalue weighted by atomic mass is 16.5. The molecular formula is C15H20N2O3. The molecule has 2 rings (SSSR count). The molecule has 0 saturated heterocycles. The molecule has 0 aromatic heterocycles. The van der Waals surface area contributed by atoms with Gasteiger partial charge in [0.1, 0.15) is 0 Å². The number of carbonyl (C=O) groups is 2. The second-order valence-electron chi connectivity index (χ2n) is 5.33. The molecule has 0 saturated carbocycles. The van der Waals surface area contributed by atoms with Crippen LogP contribution < -0.4 is 5.73 Å². The van der Waals surface area contributed by atoms with Crippen molar-refractivity contribution in [3.63, 3.8) is 0 Å². The van der Waals surface area contributed by atoms with Crippen molar-refractivity contribution >= 4 is 17.5 Å². The van der Waals surface area contributed by atoms with Gasteiger partial charge in [-0.25, -0.2) is 0 Å². The number of nitrogens with zero attached hydrogens (tertiary/aromatic N) is 1. The zero-order valence-corrected chi connectivity index (χ0v) is 11.9. The van der Waals surface area contributed by atoms with E-state index in [-0.39, 0.29) is 18.4 Å². The van der Waals surface area contributed by atoms with Crippen LogP contribution in [0.15, 0.2) is 18.2 Å². The molecule has 108 valence electrons. The van der Waals surface area contributed by atoms with Crippen LogP contribution in [0.4, 0.5) is 5.69 Å². The smallest absolute Gasteiger partial charge is 0.263 e. The number of carbonyl (C=O) groups excluding carboxylic acids is 2. The Morgan fingerprint density at radius 1 is 1.20 bits per heavy atom. The maximum atomic E-state index is 12.2. The van der Waals surface area contributed by atoms with Gasteiger partial charge in [-0.05, 0) is 24.5 Å². The summed E-state index contributed by atoms with van der Waals surface area (Å²) in [7, 11) is 0. The van der Waals surface area contributed by atoms with Gasteiger partial charge in [-0.15, -0.1) is 0 Å². The van der Waals surface area contributed by atoms with Crippen molar-refractivity contribution in [2.24, 2.45) is 5.92 Å². The van der Waals surface area contributed by atoms with Gasteiger partial charge in [-0.3, -0.25) is 14.5 Å². The van der Waals surface area contributed by atoms with Gasteiger partial charge in [0.2, 0.25) is 0 Å². The maximum Gasteiger partial charge on any atom is 0.263 e. The van der Waals surface area contributed by atoms with E-state index in [4.69, 9.17) is 10.5 Å². The summed E-state index contributed by atoms with van der Waals surface area (Å²) in [5, 5.41) is 0. The monoisotopic (exact) mass is 276 g/mol. The van der Waals surface area contributed by atoms with Crippen LogP contribution in [0, 0.1) is 5.92 Å². The summed E-state index contributed by atoms with van der Waals surface area (Å²) in [6.45, 7) is 5.51. The summed E-state index contributed by atoms with van der Waals surface area (Å²) < 4.78 is 5.45. The number of amides is 2. The Morgan fingerprint density at radius 3 is 2.60 bits per heavy atom. The third kappa shape index (κ3) is 2.82. The number of hydrogen-bond acceptors (Lipinski definition) is 4. The number of nitrogen functional groups attached to an aromatic ring is 1. The molecule has 0 bridgehead atoms. The van der Waals surface area contributed by atoms with Crippen LogP contribution in [0.3, 0.4) is 0 Å². The summed E-state index contributed by atoms with van der Waals surface area (Å²) in [5.74, 6) is -0.0329. The second-order valence-corrected chi connectivity index (χ2v) is 5.33. The lowest BCUT2D eigenvalue weighted by Crippen LogP contribution is -2.33. The molecule has 5 nitrogen and oxygen atoms in total. The molecular weight excluding hydrogens is 256 g/mol. The normalized spacial score (nSPS) is 14.2. The molecule has 0 radical (unpaired) electrons. The molecule has 2 amide bonds. The molecule has 2 N–H and O–H groups in total. The molecule has 1 aliphatic rings. The lowest BCUT2D eigenvalue weighted by Gasteiger charge is -2.14. The van der Waals surface area contributed by atoms with Crippen LogP contribution in [-0.4, -0.2) is 36.5 Å². The molecule has 5 heteroatoms. The highest BCUT2D eigenvalue weighted by Gasteiger charge is 2.36. The van der Waals surface area contributed by atoms with Crippen LogP contribution in [0.25, 0.3) is 0 Å². The van der Waals surface area contributed by atoms with E-state index in [0.717, 1.165) is 6.42 Å². The van der Waals surface area contributed by atoms with Crippen molar-refractivity contribution in [1.82, 2.24) is 4.90 Å². The number of hydrogen-bond donors (Lipinski definition) is 1. The third-order valence-corrected chi connectivity index (χ3v) is 3.33. The van der Waals surface area contributed by atoms with Crippen molar-refractivity contribution in [1.29, 1.82) is 0 Å². The van der Waals surface area contributed by atoms with Gasteiger partial charge in [0, 0.05) is 12.3 Å². The van der Waals surface area contributed by atoms with Gasteiger partial charge in [-0.1, -0.05) is 19.9 Å². The lowest BCUT2D eigenvalue weighted by molar-refractivity contribution is 0.0553. The first-order chi connectivity index (χ1) is 9.52. The minimum absolute atomic E-state index is 0.268. The molecule has 1 heterocycles. The van der Waals surface area contributed by atoms with E-state index in [9.17, 15) is 9.59 Å². The molecule has 1 aromatic rings. The zero-order chi connectivity index (χ0) is 14.7. The number of fused-ring (bicyclic) bond motifs is 1. The SMILES string of the molecule is CC(C)CCOCCN1C(=O)c2cccc(N)c2C1=O. The van der Waals surface area contributed by atoms with Gasteiger partial charge in [0.25, 0.3) is 11.8 Å². The number of rotatable bonds is 6. The molecule has 1 aromatic carbocycles. The molecule has 0 aliphatic carbocycles. The van der Waals surface area contributed by atoms with Crippen molar-refractivity contribution in [3.05, 3.63) is 29.3 Å². The Hall–Kier alpha value is -1.88. The molecule has 1 aliphatic heterocycles. The van der Waals surface area contributed by atoms with Crippen LogP contribution in [-0.2, 0) is 4.74 Å². The topological polar surface area (TPSA) is 72.6 Å². The molecule has 0 atom stereocenters. The Balaban J connectivity index is 1.94. The summed E-state index contributed by atoms with van der Waals surface area (Å²) in [6.07, 6.45) is 0.967. The third-order valence-electron chi connectivity index (χ3n) is 3.33. The highest BCUT2D eigenvalue weighted by Crippen LogP contribution is 2.27. The van der Waals surface area contributed by atoms with Crippen molar-refractivity contribution in [2.75, 3.05) is 25.5 Å². The van der Waals surface area contributed by atoms with Crippen molar-refractivity contribution < 1.29 is 14.3 Å². The van der Waals surface area contributed by atoms with Crippen LogP contribution >= 0.6 is 0 Å². The summed E-state index contributed by atoms with van der Waals surface area (Å²) in [4.78, 5) is 25.5. The molecule has 0 spiro atoms. The van der Waals surface area contributed by atoms with E-state index in [0.29, 0.717) is 35.9 Å². The summed E-state index contributed by atoms with van der Waals surface area (Å²) in [5.41, 5.74) is 6.82. The number of anilines is 1. The standard InChI is InChI=1S/C15H20N2O3/c1-10(2)6-8-20-9-7-17-14(18)11-4-3-5-12(16)13(11)15(17)19/h3-5,10H,6-9,16H2,1-2H3. The van der Waals surface area contributed by atoms with E-state index < -0.39 is 0 Å². The van der Waals surface area contributed by atoms with Crippen LogP contribution in [0.1, 0.15) is 41.0 Å². The predicted molar refractivity (Wildman–Crippen MR) is 76.5 cm³/mol. The first-order valence-corrected chi connectivity index (χ1v) is 6.84. The fraction of sp³-hybridized carbons (Fsp3) is 0.467. The number of benzene rings is 1. The van der Waals surface area contributed by atoms with E-state index in [1.807, 2.05) is 0 Å². The largest absolute Gasteiger partial charge is 0.398 e. The van der Waals surface area contributed by atoms with Gasteiger partial charge >= 0.3 is 0 Å². The highest BCUT2D eigenvalue weighted by molar-refractivity contribution is 6.23. The zero-order valence-electron chi connectivity index (χ0n) is 11.9. The summed E-state index contributed by atoms with van der Waals surface area (Å²) >= 11 is 0. The average molecular weight is 276 g/mol. The maximum absolute atomic E-state index is 12.2. The summed E-state index contributed by atoms with van der Waals surface area (Å²) in [6, 6.07) is 4.94. The molecule has 20 heavy (non-hydrogen) atoms. The van der Waals surface area contributed by atoms with Crippen molar-refractivity contribution in [3.8, 4) is 0 Å². The van der Waals surface area contributed by atoms with E-state index in [1.54, 1.807) is 18.2 Å². The minimum Gasteiger partial charge on any atom is -0.398 e. The van der Waals surface area contributed by atoms with Gasteiger partial charge < -0.3 is 10.5 Å². The quantitative estimate of drug-likeness (QED) is 0.489. The Morgan fingerprint density at radius 2 is 1.95 bits per heavy atom. The molecule has 0 unspecified atom stereocenters. The first kappa shape index (κ1) is 14.5. The van der Waals surface area contributed by atoms with Gasteiger partial charge in [0.15, 0.2) is 0 Å². The Bertz CT molecular complexity index is 526. The average Bonchev–Trinajstić information content (AvgIpc) is 2.64. The lowest BCUT2D eigenvalue weighted by atomic mass is 10.1. The van der Waals surface area contributed by atoms with Crippen molar-refractivity contribution in [2.45, 2.75) is 20.3 Å². The Kier molecular flexibility index (Phi) is 4.39. The van der Waals surface area contributed by atoms with Gasteiger partial charge in [0.05, 0.1) is 24.3 Å².